The van der Waals surface area contributed by atoms with Crippen LogP contribution in [0.5, 0.6) is 0 Å². The van der Waals surface area contributed by atoms with Gasteiger partial charge >= 0.3 is 5.76 Å². The molecule has 0 unspecified atom stereocenters. The first kappa shape index (κ1) is 11.7. The van der Waals surface area contributed by atoms with E-state index in [4.69, 9.17) is 16.0 Å². The van der Waals surface area contributed by atoms with Gasteiger partial charge in [-0.25, -0.2) is 9.36 Å². The second kappa shape index (κ2) is 4.63. The van der Waals surface area contributed by atoms with Crippen molar-refractivity contribution in [2.75, 3.05) is 0 Å². The number of oxazole rings is 1. The van der Waals surface area contributed by atoms with Crippen LogP contribution in [0.2, 0.25) is 5.02 Å². The van der Waals surface area contributed by atoms with Crippen molar-refractivity contribution in [2.24, 2.45) is 0 Å². The molecule has 0 aliphatic carbocycles. The lowest BCUT2D eigenvalue weighted by Crippen LogP contribution is -2.30. The highest BCUT2D eigenvalue weighted by molar-refractivity contribution is 6.30. The van der Waals surface area contributed by atoms with E-state index in [1.165, 1.54) is 4.57 Å². The second-order valence-electron chi connectivity index (χ2n) is 3.51. The van der Waals surface area contributed by atoms with E-state index < -0.39 is 5.76 Å². The molecule has 0 saturated heterocycles. The predicted molar refractivity (Wildman–Crippen MR) is 68.8 cm³/mol. The summed E-state index contributed by atoms with van der Waals surface area (Å²) in [6, 6.07) is 7.10. The van der Waals surface area contributed by atoms with Gasteiger partial charge in [-0.2, -0.15) is 0 Å². The van der Waals surface area contributed by atoms with Crippen LogP contribution in [0.3, 0.4) is 0 Å². The van der Waals surface area contributed by atoms with Crippen molar-refractivity contribution in [2.45, 2.75) is 13.8 Å². The van der Waals surface area contributed by atoms with Gasteiger partial charge < -0.3 is 4.42 Å². The topological polar surface area (TPSA) is 35.1 Å². The Morgan fingerprint density at radius 3 is 2.65 bits per heavy atom. The van der Waals surface area contributed by atoms with Crippen LogP contribution in [-0.2, 0) is 0 Å². The fraction of sp³-hybridized carbons (Fsp3) is 0.154. The maximum Gasteiger partial charge on any atom is 0.424 e. The summed E-state index contributed by atoms with van der Waals surface area (Å²) in [5.74, 6) is -0.409. The van der Waals surface area contributed by atoms with Crippen molar-refractivity contribution in [3.05, 3.63) is 50.6 Å². The molecule has 0 N–H and O–H groups in total. The minimum atomic E-state index is -0.409. The van der Waals surface area contributed by atoms with Crippen LogP contribution in [-0.4, -0.2) is 4.57 Å². The molecule has 0 aliphatic heterocycles. The van der Waals surface area contributed by atoms with E-state index in [9.17, 15) is 4.79 Å². The molecule has 0 atom stereocenters. The standard InChI is InChI=1S/C13H12ClNO2/c1-3-11-12(4-2)17-13(16)15(11)10-7-5-6-9(14)8-10/h3-8H,1-2H3/b11-3+,12-4-. The molecule has 0 bridgehead atoms. The number of hydrogen-bond donors (Lipinski definition) is 0. The van der Waals surface area contributed by atoms with Gasteiger partial charge in [0, 0.05) is 5.02 Å². The van der Waals surface area contributed by atoms with Crippen LogP contribution in [0, 0.1) is 0 Å². The SMILES string of the molecule is C/C=c1\oc(=O)n(-c2cccc(Cl)c2)\c1=C\C. The van der Waals surface area contributed by atoms with E-state index >= 15 is 0 Å². The third-order valence-electron chi connectivity index (χ3n) is 2.48. The zero-order valence-electron chi connectivity index (χ0n) is 9.61. The van der Waals surface area contributed by atoms with Gasteiger partial charge in [-0.15, -0.1) is 0 Å². The van der Waals surface area contributed by atoms with Crippen molar-refractivity contribution >= 4 is 23.8 Å². The molecule has 4 heteroatoms. The minimum absolute atomic E-state index is 0.409. The highest BCUT2D eigenvalue weighted by Gasteiger charge is 2.07. The fourth-order valence-corrected chi connectivity index (χ4v) is 1.92. The number of nitrogens with zero attached hydrogens (tertiary/aromatic N) is 1. The molecule has 0 aliphatic rings. The van der Waals surface area contributed by atoms with Crippen LogP contribution >= 0.6 is 11.6 Å². The minimum Gasteiger partial charge on any atom is -0.408 e. The summed E-state index contributed by atoms with van der Waals surface area (Å²) in [7, 11) is 0. The highest BCUT2D eigenvalue weighted by atomic mass is 35.5. The van der Waals surface area contributed by atoms with Crippen LogP contribution in [0.25, 0.3) is 17.8 Å². The van der Waals surface area contributed by atoms with Crippen molar-refractivity contribution in [3.8, 4) is 5.69 Å². The number of halogens is 1. The van der Waals surface area contributed by atoms with E-state index in [1.807, 2.05) is 26.0 Å². The Balaban J connectivity index is 2.86. The Hall–Kier alpha value is -1.74. The van der Waals surface area contributed by atoms with E-state index in [1.54, 1.807) is 24.3 Å². The quantitative estimate of drug-likeness (QED) is 0.771. The molecule has 1 aromatic carbocycles. The van der Waals surface area contributed by atoms with Crippen LogP contribution in [0.4, 0.5) is 0 Å². The molecule has 88 valence electrons. The molecule has 1 aromatic heterocycles. The molecule has 0 fully saturated rings. The van der Waals surface area contributed by atoms with Crippen LogP contribution in [0.1, 0.15) is 13.8 Å². The molecular formula is C13H12ClNO2. The van der Waals surface area contributed by atoms with Gasteiger partial charge in [0.1, 0.15) is 0 Å². The Morgan fingerprint density at radius 2 is 2.06 bits per heavy atom. The monoisotopic (exact) mass is 249 g/mol. The second-order valence-corrected chi connectivity index (χ2v) is 3.95. The molecule has 0 radical (unpaired) electrons. The summed E-state index contributed by atoms with van der Waals surface area (Å²) in [4.78, 5) is 11.8. The lowest BCUT2D eigenvalue weighted by atomic mass is 10.3. The van der Waals surface area contributed by atoms with Gasteiger partial charge in [-0.3, -0.25) is 0 Å². The van der Waals surface area contributed by atoms with Crippen molar-refractivity contribution in [3.63, 3.8) is 0 Å². The molecule has 2 rings (SSSR count). The molecule has 0 amide bonds. The number of rotatable bonds is 1. The summed E-state index contributed by atoms with van der Waals surface area (Å²) in [6.07, 6.45) is 3.60. The van der Waals surface area contributed by atoms with Crippen molar-refractivity contribution in [1.82, 2.24) is 4.57 Å². The van der Waals surface area contributed by atoms with Crippen molar-refractivity contribution in [1.29, 1.82) is 0 Å². The number of aromatic nitrogens is 1. The van der Waals surface area contributed by atoms with Crippen LogP contribution < -0.4 is 16.5 Å². The van der Waals surface area contributed by atoms with E-state index in [2.05, 4.69) is 0 Å². The van der Waals surface area contributed by atoms with Crippen LogP contribution in [0.15, 0.2) is 33.5 Å². The average molecular weight is 250 g/mol. The summed E-state index contributed by atoms with van der Waals surface area (Å²) in [5.41, 5.74) is 1.27. The maximum atomic E-state index is 11.8. The third kappa shape index (κ3) is 2.06. The predicted octanol–water partition coefficient (Wildman–Crippen LogP) is 1.68. The first-order valence-electron chi connectivity index (χ1n) is 5.28. The zero-order valence-corrected chi connectivity index (χ0v) is 10.4. The molecule has 2 aromatic rings. The Labute approximate surface area is 103 Å². The van der Waals surface area contributed by atoms with Gasteiger partial charge in [-0.05, 0) is 38.1 Å². The fourth-order valence-electron chi connectivity index (χ4n) is 1.74. The molecule has 3 nitrogen and oxygen atoms in total. The number of hydrogen-bond acceptors (Lipinski definition) is 2. The molecule has 17 heavy (non-hydrogen) atoms. The van der Waals surface area contributed by atoms with Gasteiger partial charge in [0.05, 0.1) is 11.0 Å². The maximum absolute atomic E-state index is 11.8. The highest BCUT2D eigenvalue weighted by Crippen LogP contribution is 2.11. The Morgan fingerprint density at radius 1 is 1.29 bits per heavy atom. The average Bonchev–Trinajstić information content (AvgIpc) is 2.65. The van der Waals surface area contributed by atoms with Gasteiger partial charge in [0.25, 0.3) is 0 Å². The Kier molecular flexibility index (Phi) is 3.20. The summed E-state index contributed by atoms with van der Waals surface area (Å²) >= 11 is 5.92. The first-order valence-corrected chi connectivity index (χ1v) is 5.65. The van der Waals surface area contributed by atoms with E-state index in [-0.39, 0.29) is 0 Å². The zero-order chi connectivity index (χ0) is 12.4. The third-order valence-corrected chi connectivity index (χ3v) is 2.71. The largest absolute Gasteiger partial charge is 0.424 e. The van der Waals surface area contributed by atoms with Crippen molar-refractivity contribution < 1.29 is 4.42 Å². The summed E-state index contributed by atoms with van der Waals surface area (Å²) in [6.45, 7) is 3.69. The van der Waals surface area contributed by atoms with E-state index in [0.29, 0.717) is 16.1 Å². The molecule has 1 heterocycles. The summed E-state index contributed by atoms with van der Waals surface area (Å²) < 4.78 is 6.66. The molecular weight excluding hydrogens is 238 g/mol. The summed E-state index contributed by atoms with van der Waals surface area (Å²) in [5, 5.41) is 1.32. The molecule has 0 saturated carbocycles. The Bertz CT molecular complexity index is 710. The smallest absolute Gasteiger partial charge is 0.408 e. The lowest BCUT2D eigenvalue weighted by molar-refractivity contribution is 0.477. The van der Waals surface area contributed by atoms with Gasteiger partial charge in [-0.1, -0.05) is 23.7 Å². The first-order chi connectivity index (χ1) is 8.17. The van der Waals surface area contributed by atoms with Gasteiger partial charge in [0.2, 0.25) is 0 Å². The normalized spacial score (nSPS) is 13.4. The van der Waals surface area contributed by atoms with E-state index in [0.717, 1.165) is 5.35 Å². The number of benzene rings is 1. The molecule has 0 spiro atoms. The van der Waals surface area contributed by atoms with Gasteiger partial charge in [0.15, 0.2) is 5.42 Å². The lowest BCUT2D eigenvalue weighted by Gasteiger charge is -2.00.